The number of nitrogens with two attached hydrogens (primary N) is 1. The molecule has 0 aromatic heterocycles. The first-order chi connectivity index (χ1) is 6.53. The van der Waals surface area contributed by atoms with Crippen molar-refractivity contribution in [3.63, 3.8) is 0 Å². The van der Waals surface area contributed by atoms with Gasteiger partial charge in [0.15, 0.2) is 0 Å². The van der Waals surface area contributed by atoms with Crippen LogP contribution in [0.25, 0.3) is 0 Å². The molecule has 3 N–H and O–H groups in total. The van der Waals surface area contributed by atoms with E-state index in [4.69, 9.17) is 10.8 Å². The van der Waals surface area contributed by atoms with Crippen molar-refractivity contribution in [2.75, 3.05) is 0 Å². The number of carboxylic acid groups (broad SMARTS) is 1. The lowest BCUT2D eigenvalue weighted by Crippen LogP contribution is -2.20. The molecule has 0 radical (unpaired) electrons. The van der Waals surface area contributed by atoms with Crippen LogP contribution in [0.15, 0.2) is 18.2 Å². The Bertz CT molecular complexity index is 394. The summed E-state index contributed by atoms with van der Waals surface area (Å²) in [4.78, 5) is 10.7. The van der Waals surface area contributed by atoms with Gasteiger partial charge in [-0.05, 0) is 43.0 Å². The molecule has 1 aromatic carbocycles. The van der Waals surface area contributed by atoms with E-state index in [0.717, 1.165) is 24.0 Å². The van der Waals surface area contributed by atoms with Crippen LogP contribution >= 0.6 is 0 Å². The fraction of sp³-hybridized carbons (Fsp3) is 0.364. The van der Waals surface area contributed by atoms with E-state index in [2.05, 4.69) is 0 Å². The summed E-state index contributed by atoms with van der Waals surface area (Å²) in [5.41, 5.74) is 8.26. The lowest BCUT2D eigenvalue weighted by Gasteiger charge is -2.12. The standard InChI is InChI=1S/C11H13NO2/c1-7-6-8(10(13)14)2-3-9(7)11(12)4-5-11/h2-3,6H,4-5,12H2,1H3,(H,13,14). The maximum Gasteiger partial charge on any atom is 0.335 e. The summed E-state index contributed by atoms with van der Waals surface area (Å²) in [7, 11) is 0. The molecule has 1 aromatic rings. The lowest BCUT2D eigenvalue weighted by molar-refractivity contribution is 0.0696. The monoisotopic (exact) mass is 191 g/mol. The van der Waals surface area contributed by atoms with Crippen molar-refractivity contribution in [3.05, 3.63) is 34.9 Å². The van der Waals surface area contributed by atoms with Gasteiger partial charge in [-0.25, -0.2) is 4.79 Å². The molecule has 1 aliphatic rings. The van der Waals surface area contributed by atoms with E-state index in [1.165, 1.54) is 0 Å². The molecule has 0 spiro atoms. The number of carbonyl (C=O) groups is 1. The third-order valence-electron chi connectivity index (χ3n) is 2.80. The molecular formula is C11H13NO2. The Balaban J connectivity index is 2.41. The molecule has 1 fully saturated rings. The zero-order valence-electron chi connectivity index (χ0n) is 8.08. The minimum absolute atomic E-state index is 0.179. The topological polar surface area (TPSA) is 63.3 Å². The molecule has 0 bridgehead atoms. The number of benzene rings is 1. The van der Waals surface area contributed by atoms with Crippen LogP contribution in [-0.4, -0.2) is 11.1 Å². The van der Waals surface area contributed by atoms with Crippen molar-refractivity contribution >= 4 is 5.97 Å². The van der Waals surface area contributed by atoms with Gasteiger partial charge in [-0.15, -0.1) is 0 Å². The molecular weight excluding hydrogens is 178 g/mol. The minimum Gasteiger partial charge on any atom is -0.478 e. The maximum absolute atomic E-state index is 10.7. The van der Waals surface area contributed by atoms with E-state index in [9.17, 15) is 4.79 Å². The fourth-order valence-corrected chi connectivity index (χ4v) is 1.76. The van der Waals surface area contributed by atoms with Gasteiger partial charge < -0.3 is 10.8 Å². The van der Waals surface area contributed by atoms with Crippen molar-refractivity contribution in [3.8, 4) is 0 Å². The summed E-state index contributed by atoms with van der Waals surface area (Å²) in [6.07, 6.45) is 2.00. The third-order valence-corrected chi connectivity index (χ3v) is 2.80. The molecule has 0 unspecified atom stereocenters. The first kappa shape index (κ1) is 9.21. The summed E-state index contributed by atoms with van der Waals surface area (Å²) < 4.78 is 0. The minimum atomic E-state index is -0.887. The molecule has 14 heavy (non-hydrogen) atoms. The summed E-state index contributed by atoms with van der Waals surface area (Å²) in [6.45, 7) is 1.91. The van der Waals surface area contributed by atoms with Crippen molar-refractivity contribution < 1.29 is 9.90 Å². The molecule has 74 valence electrons. The van der Waals surface area contributed by atoms with Crippen LogP contribution in [0.1, 0.15) is 34.3 Å². The van der Waals surface area contributed by atoms with Crippen molar-refractivity contribution in [2.45, 2.75) is 25.3 Å². The predicted molar refractivity (Wildman–Crippen MR) is 53.2 cm³/mol. The first-order valence-electron chi connectivity index (χ1n) is 4.66. The molecule has 0 heterocycles. The first-order valence-corrected chi connectivity index (χ1v) is 4.66. The Morgan fingerprint density at radius 3 is 2.57 bits per heavy atom. The second-order valence-corrected chi connectivity index (χ2v) is 3.99. The second-order valence-electron chi connectivity index (χ2n) is 3.99. The Morgan fingerprint density at radius 1 is 1.50 bits per heavy atom. The molecule has 0 saturated heterocycles. The molecule has 1 saturated carbocycles. The lowest BCUT2D eigenvalue weighted by atomic mass is 9.98. The highest BCUT2D eigenvalue weighted by Gasteiger charge is 2.40. The van der Waals surface area contributed by atoms with Crippen molar-refractivity contribution in [2.24, 2.45) is 5.73 Å². The van der Waals surface area contributed by atoms with Crippen molar-refractivity contribution in [1.29, 1.82) is 0 Å². The predicted octanol–water partition coefficient (Wildman–Crippen LogP) is 1.64. The van der Waals surface area contributed by atoms with E-state index in [0.29, 0.717) is 5.56 Å². The van der Waals surface area contributed by atoms with Gasteiger partial charge in [-0.1, -0.05) is 6.07 Å². The van der Waals surface area contributed by atoms with E-state index < -0.39 is 5.97 Å². The van der Waals surface area contributed by atoms with Crippen LogP contribution in [0, 0.1) is 6.92 Å². The van der Waals surface area contributed by atoms with Gasteiger partial charge in [0.1, 0.15) is 0 Å². The second kappa shape index (κ2) is 2.82. The summed E-state index contributed by atoms with van der Waals surface area (Å²) in [6, 6.07) is 5.15. The van der Waals surface area contributed by atoms with Gasteiger partial charge in [0.05, 0.1) is 5.56 Å². The van der Waals surface area contributed by atoms with Crippen LogP contribution in [0.5, 0.6) is 0 Å². The number of aryl methyl sites for hydroxylation is 1. The third kappa shape index (κ3) is 1.40. The molecule has 3 nitrogen and oxygen atoms in total. The Labute approximate surface area is 82.5 Å². The number of hydrogen-bond acceptors (Lipinski definition) is 2. The maximum atomic E-state index is 10.7. The zero-order valence-corrected chi connectivity index (χ0v) is 8.08. The van der Waals surface area contributed by atoms with Gasteiger partial charge in [0.25, 0.3) is 0 Å². The number of rotatable bonds is 2. The van der Waals surface area contributed by atoms with Gasteiger partial charge in [-0.3, -0.25) is 0 Å². The van der Waals surface area contributed by atoms with Gasteiger partial charge in [-0.2, -0.15) is 0 Å². The van der Waals surface area contributed by atoms with Crippen molar-refractivity contribution in [1.82, 2.24) is 0 Å². The van der Waals surface area contributed by atoms with Crippen LogP contribution in [0.4, 0.5) is 0 Å². The Hall–Kier alpha value is -1.35. The van der Waals surface area contributed by atoms with E-state index in [1.807, 2.05) is 13.0 Å². The normalized spacial score (nSPS) is 17.9. The molecule has 0 atom stereocenters. The van der Waals surface area contributed by atoms with Crippen LogP contribution in [0.3, 0.4) is 0 Å². The average Bonchev–Trinajstić information content (AvgIpc) is 2.84. The fourth-order valence-electron chi connectivity index (χ4n) is 1.76. The summed E-state index contributed by atoms with van der Waals surface area (Å²) in [5, 5.41) is 8.79. The molecule has 0 aliphatic heterocycles. The van der Waals surface area contributed by atoms with Gasteiger partial charge in [0, 0.05) is 5.54 Å². The van der Waals surface area contributed by atoms with Gasteiger partial charge in [0.2, 0.25) is 0 Å². The highest BCUT2D eigenvalue weighted by atomic mass is 16.4. The SMILES string of the molecule is Cc1cc(C(=O)O)ccc1C1(N)CC1. The molecule has 0 amide bonds. The van der Waals surface area contributed by atoms with Crippen LogP contribution in [0.2, 0.25) is 0 Å². The average molecular weight is 191 g/mol. The van der Waals surface area contributed by atoms with Crippen LogP contribution < -0.4 is 5.73 Å². The quantitative estimate of drug-likeness (QED) is 0.747. The smallest absolute Gasteiger partial charge is 0.335 e. The Kier molecular flexibility index (Phi) is 1.86. The highest BCUT2D eigenvalue weighted by Crippen LogP contribution is 2.43. The summed E-state index contributed by atoms with van der Waals surface area (Å²) >= 11 is 0. The van der Waals surface area contributed by atoms with Crippen LogP contribution in [-0.2, 0) is 5.54 Å². The summed E-state index contributed by atoms with van der Waals surface area (Å²) in [5.74, 6) is -0.887. The van der Waals surface area contributed by atoms with Gasteiger partial charge >= 0.3 is 5.97 Å². The molecule has 2 rings (SSSR count). The molecule has 1 aliphatic carbocycles. The Morgan fingerprint density at radius 2 is 2.14 bits per heavy atom. The van der Waals surface area contributed by atoms with E-state index in [1.54, 1.807) is 12.1 Å². The van der Waals surface area contributed by atoms with E-state index >= 15 is 0 Å². The number of aromatic carboxylic acids is 1. The molecule has 3 heteroatoms. The van der Waals surface area contributed by atoms with E-state index in [-0.39, 0.29) is 5.54 Å². The largest absolute Gasteiger partial charge is 0.478 e. The highest BCUT2D eigenvalue weighted by molar-refractivity contribution is 5.87. The zero-order chi connectivity index (χ0) is 10.3. The number of hydrogen-bond donors (Lipinski definition) is 2. The number of carboxylic acids is 1.